The second-order valence-electron chi connectivity index (χ2n) is 8.10. The quantitative estimate of drug-likeness (QED) is 0.674. The second kappa shape index (κ2) is 7.33. The van der Waals surface area contributed by atoms with Crippen LogP contribution in [0.3, 0.4) is 0 Å². The van der Waals surface area contributed by atoms with Crippen LogP contribution >= 0.6 is 0 Å². The monoisotopic (exact) mass is 433 g/mol. The Kier molecular flexibility index (Phi) is 5.25. The van der Waals surface area contributed by atoms with Crippen LogP contribution in [0.5, 0.6) is 0 Å². The first-order valence-electron chi connectivity index (χ1n) is 9.37. The summed E-state index contributed by atoms with van der Waals surface area (Å²) >= 11 is 0. The van der Waals surface area contributed by atoms with E-state index in [9.17, 15) is 27.9 Å². The van der Waals surface area contributed by atoms with Crippen molar-refractivity contribution in [2.45, 2.75) is 33.0 Å². The standard InChI is InChI=1S/C22H22F3N3O3/c1-11-16(29)8-9-21(2,3)17(11)28-18(26)15(19(27)30)10-14(20(28)31)12-4-6-13(7-5-12)22(23,24)25/h4-10,17,29H,26H2,1-3H3,(H2,27,30). The number of amides is 1. The van der Waals surface area contributed by atoms with Crippen LogP contribution in [0.1, 0.15) is 42.7 Å². The molecule has 1 heterocycles. The average molecular weight is 433 g/mol. The minimum absolute atomic E-state index is 0.0330. The van der Waals surface area contributed by atoms with Gasteiger partial charge in [0.2, 0.25) is 0 Å². The van der Waals surface area contributed by atoms with E-state index in [0.29, 0.717) is 5.57 Å². The second-order valence-corrected chi connectivity index (χ2v) is 8.10. The van der Waals surface area contributed by atoms with Crippen molar-refractivity contribution < 1.29 is 23.1 Å². The van der Waals surface area contributed by atoms with Gasteiger partial charge in [-0.1, -0.05) is 32.1 Å². The molecule has 1 aromatic heterocycles. The highest BCUT2D eigenvalue weighted by Gasteiger charge is 2.37. The van der Waals surface area contributed by atoms with Crippen LogP contribution in [-0.2, 0) is 6.18 Å². The zero-order valence-electron chi connectivity index (χ0n) is 17.1. The van der Waals surface area contributed by atoms with E-state index in [1.54, 1.807) is 13.0 Å². The fourth-order valence-corrected chi connectivity index (χ4v) is 3.89. The van der Waals surface area contributed by atoms with E-state index in [4.69, 9.17) is 11.5 Å². The van der Waals surface area contributed by atoms with Gasteiger partial charge in [0.05, 0.1) is 17.2 Å². The molecule has 1 unspecified atom stereocenters. The number of pyridine rings is 1. The molecule has 0 saturated carbocycles. The number of alkyl halides is 3. The smallest absolute Gasteiger partial charge is 0.416 e. The highest BCUT2D eigenvalue weighted by Crippen LogP contribution is 2.43. The Morgan fingerprint density at radius 2 is 1.77 bits per heavy atom. The summed E-state index contributed by atoms with van der Waals surface area (Å²) in [6, 6.07) is 4.43. The molecule has 1 aliphatic rings. The molecule has 5 N–H and O–H groups in total. The zero-order valence-corrected chi connectivity index (χ0v) is 17.1. The molecule has 2 aromatic rings. The third kappa shape index (κ3) is 3.83. The number of primary amides is 1. The molecule has 1 aliphatic carbocycles. The van der Waals surface area contributed by atoms with Gasteiger partial charge in [0.25, 0.3) is 11.5 Å². The molecule has 164 valence electrons. The van der Waals surface area contributed by atoms with Gasteiger partial charge >= 0.3 is 6.18 Å². The largest absolute Gasteiger partial charge is 0.508 e. The topological polar surface area (TPSA) is 111 Å². The number of halogens is 3. The maximum absolute atomic E-state index is 13.5. The molecule has 0 radical (unpaired) electrons. The third-order valence-corrected chi connectivity index (χ3v) is 5.51. The summed E-state index contributed by atoms with van der Waals surface area (Å²) in [6.45, 7) is 5.28. The molecule has 0 spiro atoms. The molecular formula is C22H22F3N3O3. The molecule has 3 rings (SSSR count). The maximum Gasteiger partial charge on any atom is 0.416 e. The number of hydrogen-bond acceptors (Lipinski definition) is 4. The molecule has 1 aromatic carbocycles. The third-order valence-electron chi connectivity index (χ3n) is 5.51. The van der Waals surface area contributed by atoms with Crippen LogP contribution in [0.15, 0.2) is 58.6 Å². The van der Waals surface area contributed by atoms with Gasteiger partial charge in [-0.15, -0.1) is 0 Å². The van der Waals surface area contributed by atoms with Crippen molar-refractivity contribution in [1.82, 2.24) is 4.57 Å². The normalized spacial score (nSPS) is 18.3. The number of aromatic nitrogens is 1. The van der Waals surface area contributed by atoms with E-state index in [2.05, 4.69) is 0 Å². The van der Waals surface area contributed by atoms with Gasteiger partial charge in [-0.2, -0.15) is 13.2 Å². The molecule has 1 atom stereocenters. The number of aliphatic hydroxyl groups is 1. The first kappa shape index (κ1) is 22.2. The lowest BCUT2D eigenvalue weighted by Gasteiger charge is -2.38. The van der Waals surface area contributed by atoms with Crippen LogP contribution in [0.4, 0.5) is 19.0 Å². The predicted molar refractivity (Wildman–Crippen MR) is 111 cm³/mol. The molecule has 31 heavy (non-hydrogen) atoms. The summed E-state index contributed by atoms with van der Waals surface area (Å²) in [5, 5.41) is 10.2. The molecule has 0 aliphatic heterocycles. The number of anilines is 1. The van der Waals surface area contributed by atoms with E-state index in [1.165, 1.54) is 16.7 Å². The summed E-state index contributed by atoms with van der Waals surface area (Å²) in [5.74, 6) is -1.13. The predicted octanol–water partition coefficient (Wildman–Crippen LogP) is 4.18. The Morgan fingerprint density at radius 3 is 2.29 bits per heavy atom. The number of allylic oxidation sites excluding steroid dienone is 3. The van der Waals surface area contributed by atoms with Crippen molar-refractivity contribution in [3.63, 3.8) is 0 Å². The Morgan fingerprint density at radius 1 is 1.19 bits per heavy atom. The van der Waals surface area contributed by atoms with Crippen molar-refractivity contribution in [2.24, 2.45) is 11.1 Å². The lowest BCUT2D eigenvalue weighted by Crippen LogP contribution is -2.39. The number of hydrogen-bond donors (Lipinski definition) is 3. The lowest BCUT2D eigenvalue weighted by atomic mass is 9.76. The number of nitrogens with two attached hydrogens (primary N) is 2. The first-order valence-corrected chi connectivity index (χ1v) is 9.37. The van der Waals surface area contributed by atoms with Gasteiger partial charge < -0.3 is 16.6 Å². The fraction of sp³-hybridized carbons (Fsp3) is 0.273. The van der Waals surface area contributed by atoms with Gasteiger partial charge in [-0.05, 0) is 42.3 Å². The molecule has 1 amide bonds. The molecule has 6 nitrogen and oxygen atoms in total. The summed E-state index contributed by atoms with van der Waals surface area (Å²) < 4.78 is 39.9. The van der Waals surface area contributed by atoms with Gasteiger partial charge in [-0.25, -0.2) is 0 Å². The number of carbonyl (C=O) groups excluding carboxylic acids is 1. The summed E-state index contributed by atoms with van der Waals surface area (Å²) in [6.07, 6.45) is -1.31. The molecule has 0 saturated heterocycles. The van der Waals surface area contributed by atoms with Crippen molar-refractivity contribution in [2.75, 3.05) is 5.73 Å². The number of nitrogens with zero attached hydrogens (tertiary/aromatic N) is 1. The molecule has 0 bridgehead atoms. The number of benzene rings is 1. The highest BCUT2D eigenvalue weighted by molar-refractivity contribution is 5.98. The van der Waals surface area contributed by atoms with Crippen molar-refractivity contribution >= 4 is 11.7 Å². The van der Waals surface area contributed by atoms with Crippen LogP contribution in [0.25, 0.3) is 11.1 Å². The zero-order chi connectivity index (χ0) is 23.3. The molecule has 9 heteroatoms. The molecular weight excluding hydrogens is 411 g/mol. The lowest BCUT2D eigenvalue weighted by molar-refractivity contribution is -0.137. The van der Waals surface area contributed by atoms with E-state index < -0.39 is 34.7 Å². The Hall–Kier alpha value is -3.49. The Balaban J connectivity index is 2.32. The summed E-state index contributed by atoms with van der Waals surface area (Å²) in [4.78, 5) is 25.5. The van der Waals surface area contributed by atoms with Gasteiger partial charge in [0, 0.05) is 11.0 Å². The average Bonchev–Trinajstić information content (AvgIpc) is 2.67. The van der Waals surface area contributed by atoms with Crippen LogP contribution in [0.2, 0.25) is 0 Å². The van der Waals surface area contributed by atoms with Crippen LogP contribution in [-0.4, -0.2) is 15.6 Å². The maximum atomic E-state index is 13.5. The number of aliphatic hydroxyl groups excluding tert-OH is 1. The Bertz CT molecular complexity index is 1170. The minimum atomic E-state index is -4.53. The molecule has 0 fully saturated rings. The van der Waals surface area contributed by atoms with Crippen molar-refractivity contribution in [3.8, 4) is 11.1 Å². The van der Waals surface area contributed by atoms with Crippen LogP contribution < -0.4 is 17.0 Å². The van der Waals surface area contributed by atoms with Gasteiger partial charge in [-0.3, -0.25) is 14.2 Å². The summed E-state index contributed by atoms with van der Waals surface area (Å²) in [5.41, 5.74) is 9.89. The van der Waals surface area contributed by atoms with Crippen LogP contribution in [0, 0.1) is 5.41 Å². The number of carbonyl (C=O) groups is 1. The Labute approximate surface area is 176 Å². The SMILES string of the molecule is CC1=C(O)C=CC(C)(C)C1n1c(N)c(C(N)=O)cc(-c2ccc(C(F)(F)F)cc2)c1=O. The number of nitrogen functional groups attached to an aromatic ring is 1. The van der Waals surface area contributed by atoms with Gasteiger partial charge in [0.15, 0.2) is 0 Å². The summed E-state index contributed by atoms with van der Waals surface area (Å²) in [7, 11) is 0. The van der Waals surface area contributed by atoms with E-state index in [-0.39, 0.29) is 28.3 Å². The van der Waals surface area contributed by atoms with Gasteiger partial charge in [0.1, 0.15) is 11.6 Å². The van der Waals surface area contributed by atoms with Crippen molar-refractivity contribution in [3.05, 3.63) is 75.3 Å². The minimum Gasteiger partial charge on any atom is -0.508 e. The van der Waals surface area contributed by atoms with E-state index in [1.807, 2.05) is 13.8 Å². The highest BCUT2D eigenvalue weighted by atomic mass is 19.4. The van der Waals surface area contributed by atoms with Crippen molar-refractivity contribution in [1.29, 1.82) is 0 Å². The fourth-order valence-electron chi connectivity index (χ4n) is 3.89. The van der Waals surface area contributed by atoms with E-state index >= 15 is 0 Å². The number of rotatable bonds is 3. The first-order chi connectivity index (χ1) is 14.3. The van der Waals surface area contributed by atoms with E-state index in [0.717, 1.165) is 24.3 Å².